The number of methoxy groups -OCH3 is 2. The van der Waals surface area contributed by atoms with E-state index < -0.39 is 42.3 Å². The molecule has 2 aromatic carbocycles. The third-order valence-electron chi connectivity index (χ3n) is 18.3. The van der Waals surface area contributed by atoms with Gasteiger partial charge in [-0.05, 0) is 155 Å². The smallest absolute Gasteiger partial charge is 0.354 e. The Bertz CT molecular complexity index is 2960. The third kappa shape index (κ3) is 26.1. The first-order valence-electron chi connectivity index (χ1n) is 32.6. The van der Waals surface area contributed by atoms with Crippen molar-refractivity contribution >= 4 is 54.6 Å². The number of carbonyl (C=O) groups is 5. The average molecular weight is 1390 g/mol. The normalized spacial score (nSPS) is 22.9. The molecule has 6 saturated heterocycles. The van der Waals surface area contributed by atoms with E-state index in [0.29, 0.717) is 48.5 Å². The van der Waals surface area contributed by atoms with E-state index in [9.17, 15) is 29.1 Å². The number of ether oxygens (including phenoxy) is 6. The summed E-state index contributed by atoms with van der Waals surface area (Å²) in [6.45, 7) is 14.7. The lowest BCUT2D eigenvalue weighted by Crippen LogP contribution is -2.54. The van der Waals surface area contributed by atoms with Gasteiger partial charge in [-0.25, -0.2) is 29.5 Å². The zero-order valence-electron chi connectivity index (χ0n) is 55.2. The molecule has 6 aliphatic rings. The van der Waals surface area contributed by atoms with Gasteiger partial charge < -0.3 is 74.8 Å². The molecular weight excluding hydrogens is 1280 g/mol. The SMILES string of the molecule is C.C.CO[C@H]1COCC[C@H]1NC1CCN(C(=O)c2ncnc(CC[C@H]3CCC[C@@H](c4ccc(C)cc4)O3)c2C)CC1.CO[C@H]1COCC[C@H]1NC1CCNCC1.Cc1ccc([C@@H]2CCC[C@H](CCc3ncnc(C(=O)O)c3C)O2)cc1.Cl.Cl.O=C(O)CC(O)(CC(=O)O)C(=O)O. The number of aliphatic hydroxyl groups is 1. The summed E-state index contributed by atoms with van der Waals surface area (Å²) in [5.41, 5.74) is 6.23. The lowest BCUT2D eigenvalue weighted by Gasteiger charge is -2.38. The number of aryl methyl sites for hydroxylation is 4. The van der Waals surface area contributed by atoms with E-state index >= 15 is 0 Å². The summed E-state index contributed by atoms with van der Waals surface area (Å²) in [5, 5.41) is 53.8. The van der Waals surface area contributed by atoms with Gasteiger partial charge in [-0.2, -0.15) is 0 Å². The van der Waals surface area contributed by atoms with E-state index in [-0.39, 0.29) is 87.9 Å². The van der Waals surface area contributed by atoms with E-state index in [1.807, 2.05) is 11.8 Å². The fourth-order valence-corrected chi connectivity index (χ4v) is 12.8. The lowest BCUT2D eigenvalue weighted by molar-refractivity contribution is -0.170. The number of nitrogens with one attached hydrogen (secondary N) is 3. The van der Waals surface area contributed by atoms with Crippen molar-refractivity contribution in [3.8, 4) is 0 Å². The summed E-state index contributed by atoms with van der Waals surface area (Å²) in [4.78, 5) is 74.2. The van der Waals surface area contributed by atoms with Crippen molar-refractivity contribution < 1.29 is 77.9 Å². The van der Waals surface area contributed by atoms with Crippen LogP contribution < -0.4 is 16.0 Å². The number of halogens is 2. The maximum atomic E-state index is 13.5. The van der Waals surface area contributed by atoms with Crippen molar-refractivity contribution in [3.63, 3.8) is 0 Å². The number of hydrogen-bond donors (Lipinski definition) is 8. The molecule has 0 unspecified atom stereocenters. The first-order chi connectivity index (χ1) is 44.2. The second-order valence-corrected chi connectivity index (χ2v) is 25.0. The maximum Gasteiger partial charge on any atom is 0.354 e. The van der Waals surface area contributed by atoms with Crippen molar-refractivity contribution in [1.29, 1.82) is 0 Å². The summed E-state index contributed by atoms with van der Waals surface area (Å²) in [6.07, 6.45) is 17.8. The van der Waals surface area contributed by atoms with E-state index in [4.69, 9.17) is 48.8 Å². The topological polar surface area (TPSA) is 333 Å². The Labute approximate surface area is 579 Å². The number of rotatable bonds is 21. The van der Waals surface area contributed by atoms with Crippen LogP contribution in [-0.2, 0) is 55.6 Å². The summed E-state index contributed by atoms with van der Waals surface area (Å²) in [6, 6.07) is 19.1. The molecule has 8 heterocycles. The van der Waals surface area contributed by atoms with Crippen LogP contribution in [0.15, 0.2) is 61.2 Å². The van der Waals surface area contributed by atoms with Gasteiger partial charge in [-0.1, -0.05) is 74.5 Å². The van der Waals surface area contributed by atoms with Crippen LogP contribution in [0.1, 0.15) is 196 Å². The van der Waals surface area contributed by atoms with Gasteiger partial charge in [0.15, 0.2) is 11.3 Å². The molecule has 10 rings (SSSR count). The molecule has 2 aromatic heterocycles. The van der Waals surface area contributed by atoms with Crippen molar-refractivity contribution in [2.75, 3.05) is 66.8 Å². The number of amides is 1. The number of hydrogen-bond acceptors (Lipinski definition) is 19. The number of carbonyl (C=O) groups excluding carboxylic acids is 1. The van der Waals surface area contributed by atoms with Gasteiger partial charge >= 0.3 is 23.9 Å². The highest BCUT2D eigenvalue weighted by Crippen LogP contribution is 2.35. The van der Waals surface area contributed by atoms with Crippen LogP contribution >= 0.6 is 24.8 Å². The van der Waals surface area contributed by atoms with Crippen LogP contribution in [0, 0.1) is 27.7 Å². The van der Waals surface area contributed by atoms with Crippen LogP contribution in [0.2, 0.25) is 0 Å². The molecule has 0 aliphatic carbocycles. The summed E-state index contributed by atoms with van der Waals surface area (Å²) in [7, 11) is 3.52. The molecule has 8 atom stereocenters. The van der Waals surface area contributed by atoms with Gasteiger partial charge in [0.05, 0.1) is 62.7 Å². The van der Waals surface area contributed by atoms with Gasteiger partial charge in [-0.15, -0.1) is 24.8 Å². The van der Waals surface area contributed by atoms with Crippen LogP contribution in [0.25, 0.3) is 0 Å². The Morgan fingerprint density at radius 1 is 0.583 bits per heavy atom. The van der Waals surface area contributed by atoms with Gasteiger partial charge in [0.25, 0.3) is 5.91 Å². The second kappa shape index (κ2) is 42.8. The number of aromatic carboxylic acids is 1. The number of piperidine rings is 2. The van der Waals surface area contributed by atoms with Crippen molar-refractivity contribution in [3.05, 3.63) is 117 Å². The highest BCUT2D eigenvalue weighted by Gasteiger charge is 2.41. The Kier molecular flexibility index (Phi) is 37.6. The van der Waals surface area contributed by atoms with Crippen LogP contribution in [0.3, 0.4) is 0 Å². The number of likely N-dealkylation sites (tertiary alicyclic amines) is 1. The Hall–Kier alpha value is -5.87. The van der Waals surface area contributed by atoms with Gasteiger partial charge in [-0.3, -0.25) is 14.4 Å². The number of carboxylic acids is 4. The molecule has 4 aromatic rings. The fraction of sp³-hybridized carbons (Fsp3) is 0.643. The van der Waals surface area contributed by atoms with Crippen LogP contribution in [0.4, 0.5) is 0 Å². The number of carboxylic acid groups (broad SMARTS) is 4. The standard InChI is InChI=1S/C31H44N4O4.C20H24N2O3.C11H22N2O2.C6H8O7.2CH4.2ClH/c1-21-7-9-23(10-8-21)28-6-4-5-25(39-28)11-12-26-22(2)30(33-20-32-26)31(36)35-16-13-24(14-17-35)34-27-15-18-38-19-29(27)37-3;1-13-6-8-15(9-7-13)18-5-3-4-16(25-18)10-11-17-14(2)19(20(23)24)22-12-21-17;1-14-11-8-15-7-4-10(11)13-9-2-5-12-6-3-9;7-3(8)1-6(13,5(11)12)2-4(9)10;;;;/h7-10,20,24-25,27-29,34H,4-6,11-19H2,1-3H3;6-9,12,16,18H,3-5,10-11H2,1-2H3,(H,23,24);9-13H,2-8H2,1H3;13H,1-2H2,(H,7,8)(H,9,10)(H,11,12);2*1H4;2*1H/t25-,27-,28+,29+;16-,18+;10-,11+;;;;;/m111...../s1. The molecular formula is C70H108Cl2N8O16. The zero-order chi connectivity index (χ0) is 66.2. The largest absolute Gasteiger partial charge is 0.481 e. The summed E-state index contributed by atoms with van der Waals surface area (Å²) < 4.78 is 34.8. The summed E-state index contributed by atoms with van der Waals surface area (Å²) >= 11 is 0. The van der Waals surface area contributed by atoms with Gasteiger partial charge in [0.1, 0.15) is 18.3 Å². The fourth-order valence-electron chi connectivity index (χ4n) is 12.8. The minimum absolute atomic E-state index is 0. The number of aliphatic carboxylic acids is 3. The minimum atomic E-state index is -2.74. The van der Waals surface area contributed by atoms with E-state index in [0.717, 1.165) is 140 Å². The monoisotopic (exact) mass is 1390 g/mol. The third-order valence-corrected chi connectivity index (χ3v) is 18.3. The molecule has 8 N–H and O–H groups in total. The van der Waals surface area contributed by atoms with Gasteiger partial charge in [0.2, 0.25) is 0 Å². The van der Waals surface area contributed by atoms with Crippen molar-refractivity contribution in [2.45, 2.75) is 225 Å². The molecule has 24 nitrogen and oxygen atoms in total. The molecule has 0 spiro atoms. The van der Waals surface area contributed by atoms with Crippen LogP contribution in [0.5, 0.6) is 0 Å². The minimum Gasteiger partial charge on any atom is -0.481 e. The predicted molar refractivity (Wildman–Crippen MR) is 369 cm³/mol. The number of benzene rings is 2. The van der Waals surface area contributed by atoms with Crippen molar-refractivity contribution in [1.82, 2.24) is 40.8 Å². The van der Waals surface area contributed by atoms with E-state index in [1.54, 1.807) is 27.5 Å². The molecule has 1 amide bonds. The van der Waals surface area contributed by atoms with E-state index in [1.165, 1.54) is 47.8 Å². The Balaban J connectivity index is 0.000000362. The first-order valence-corrected chi connectivity index (χ1v) is 32.6. The zero-order valence-corrected chi connectivity index (χ0v) is 56.8. The number of nitrogens with zero attached hydrogens (tertiary/aromatic N) is 5. The number of aromatic nitrogens is 4. The molecule has 96 heavy (non-hydrogen) atoms. The second-order valence-electron chi connectivity index (χ2n) is 25.0. The molecule has 0 saturated carbocycles. The molecule has 6 aliphatic heterocycles. The average Bonchev–Trinajstić information content (AvgIpc) is 0.845. The quantitative estimate of drug-likeness (QED) is 0.0385. The lowest BCUT2D eigenvalue weighted by atomic mass is 9.95. The first kappa shape index (κ1) is 84.4. The molecule has 6 fully saturated rings. The maximum absolute atomic E-state index is 13.5. The van der Waals surface area contributed by atoms with E-state index in [2.05, 4.69) is 98.3 Å². The molecule has 0 bridgehead atoms. The highest BCUT2D eigenvalue weighted by molar-refractivity contribution is 5.94. The molecule has 0 radical (unpaired) electrons. The molecule has 26 heteroatoms. The van der Waals surface area contributed by atoms with Crippen molar-refractivity contribution in [2.24, 2.45) is 0 Å². The molecule has 538 valence electrons. The van der Waals surface area contributed by atoms with Gasteiger partial charge in [0, 0.05) is 87.2 Å². The Morgan fingerprint density at radius 2 is 1.00 bits per heavy atom. The predicted octanol–water partition coefficient (Wildman–Crippen LogP) is 9.37. The summed E-state index contributed by atoms with van der Waals surface area (Å²) in [5.74, 6) is -6.01. The Morgan fingerprint density at radius 3 is 1.41 bits per heavy atom. The van der Waals surface area contributed by atoms with Crippen LogP contribution in [-0.4, -0.2) is 201 Å². The highest BCUT2D eigenvalue weighted by atomic mass is 35.5.